The third kappa shape index (κ3) is 4.72. The number of benzene rings is 1. The Morgan fingerprint density at radius 3 is 2.46 bits per heavy atom. The van der Waals surface area contributed by atoms with Crippen LogP contribution in [0.15, 0.2) is 18.2 Å². The van der Waals surface area contributed by atoms with Crippen LogP contribution >= 0.6 is 0 Å². The number of ether oxygens (including phenoxy) is 1. The van der Waals surface area contributed by atoms with Crippen LogP contribution in [0.4, 0.5) is 11.4 Å². The van der Waals surface area contributed by atoms with Crippen molar-refractivity contribution in [3.8, 4) is 0 Å². The number of aryl methyl sites for hydroxylation is 1. The summed E-state index contributed by atoms with van der Waals surface area (Å²) in [6.45, 7) is 5.57. The number of anilines is 2. The molecule has 3 aliphatic rings. The van der Waals surface area contributed by atoms with Crippen molar-refractivity contribution < 1.29 is 4.74 Å². The number of piperidine rings is 1. The van der Waals surface area contributed by atoms with Crippen LogP contribution in [-0.4, -0.2) is 42.8 Å². The summed E-state index contributed by atoms with van der Waals surface area (Å²) >= 11 is 0. The lowest BCUT2D eigenvalue weighted by atomic mass is 9.90. The number of hydrogen-bond acceptors (Lipinski definition) is 4. The van der Waals surface area contributed by atoms with E-state index < -0.39 is 0 Å². The van der Waals surface area contributed by atoms with E-state index in [9.17, 15) is 0 Å². The first-order valence-corrected chi connectivity index (χ1v) is 10.7. The molecule has 0 aromatic heterocycles. The van der Waals surface area contributed by atoms with Gasteiger partial charge in [-0.1, -0.05) is 6.07 Å². The van der Waals surface area contributed by atoms with Crippen molar-refractivity contribution in [3.63, 3.8) is 0 Å². The number of nitrogen functional groups attached to an aromatic ring is 1. The molecule has 4 rings (SSSR count). The molecule has 0 bridgehead atoms. The van der Waals surface area contributed by atoms with E-state index in [2.05, 4.69) is 29.3 Å². The number of nitrogens with one attached hydrogen (secondary N) is 1. The highest BCUT2D eigenvalue weighted by Crippen LogP contribution is 2.32. The Labute approximate surface area is 158 Å². The van der Waals surface area contributed by atoms with Crippen LogP contribution in [-0.2, 0) is 4.74 Å². The molecule has 0 unspecified atom stereocenters. The van der Waals surface area contributed by atoms with Crippen LogP contribution in [0.3, 0.4) is 0 Å². The summed E-state index contributed by atoms with van der Waals surface area (Å²) in [7, 11) is 0. The molecular weight excluding hydrogens is 322 g/mol. The Morgan fingerprint density at radius 1 is 1.04 bits per heavy atom. The predicted molar refractivity (Wildman–Crippen MR) is 109 cm³/mol. The van der Waals surface area contributed by atoms with E-state index in [4.69, 9.17) is 10.5 Å². The fourth-order valence-corrected chi connectivity index (χ4v) is 4.56. The van der Waals surface area contributed by atoms with Gasteiger partial charge in [-0.05, 0) is 81.9 Å². The summed E-state index contributed by atoms with van der Waals surface area (Å²) < 4.78 is 6.11. The van der Waals surface area contributed by atoms with E-state index in [-0.39, 0.29) is 0 Å². The van der Waals surface area contributed by atoms with Crippen LogP contribution in [0.2, 0.25) is 0 Å². The summed E-state index contributed by atoms with van der Waals surface area (Å²) in [6.07, 6.45) is 10.9. The Morgan fingerprint density at radius 2 is 1.77 bits per heavy atom. The van der Waals surface area contributed by atoms with Gasteiger partial charge < -0.3 is 20.7 Å². The SMILES string of the molecule is Cc1ccc(N)c(NC2CCN([C@H]3CC[C@H](OCC4CC4)CC3)CC2)c1. The molecule has 1 aliphatic heterocycles. The Bertz CT molecular complexity index is 585. The Kier molecular flexibility index (Phi) is 5.70. The van der Waals surface area contributed by atoms with Gasteiger partial charge in [0.25, 0.3) is 0 Å². The number of hydrogen-bond donors (Lipinski definition) is 2. The normalized spacial score (nSPS) is 28.2. The predicted octanol–water partition coefficient (Wildman–Crippen LogP) is 4.19. The minimum Gasteiger partial charge on any atom is -0.397 e. The minimum atomic E-state index is 0.537. The van der Waals surface area contributed by atoms with Crippen LogP contribution in [0, 0.1) is 12.8 Å². The van der Waals surface area contributed by atoms with Crippen LogP contribution in [0.25, 0.3) is 0 Å². The molecule has 3 N–H and O–H groups in total. The van der Waals surface area contributed by atoms with Gasteiger partial charge in [0.2, 0.25) is 0 Å². The average molecular weight is 358 g/mol. The maximum atomic E-state index is 6.13. The Hall–Kier alpha value is -1.26. The van der Waals surface area contributed by atoms with Crippen molar-refractivity contribution in [2.45, 2.75) is 76.5 Å². The molecule has 0 radical (unpaired) electrons. The van der Waals surface area contributed by atoms with Gasteiger partial charge in [-0.2, -0.15) is 0 Å². The highest BCUT2D eigenvalue weighted by Gasteiger charge is 2.30. The average Bonchev–Trinajstić information content (AvgIpc) is 3.49. The molecule has 0 spiro atoms. The van der Waals surface area contributed by atoms with Crippen molar-refractivity contribution in [1.82, 2.24) is 4.90 Å². The fraction of sp³-hybridized carbons (Fsp3) is 0.727. The van der Waals surface area contributed by atoms with Gasteiger partial charge in [0.05, 0.1) is 17.5 Å². The summed E-state index contributed by atoms with van der Waals surface area (Å²) in [6, 6.07) is 7.59. The van der Waals surface area contributed by atoms with Crippen LogP contribution in [0.5, 0.6) is 0 Å². The van der Waals surface area contributed by atoms with Gasteiger partial charge in [-0.3, -0.25) is 0 Å². The molecule has 3 fully saturated rings. The first-order chi connectivity index (χ1) is 12.7. The van der Waals surface area contributed by atoms with Gasteiger partial charge in [-0.15, -0.1) is 0 Å². The monoisotopic (exact) mass is 357 g/mol. The molecule has 26 heavy (non-hydrogen) atoms. The van der Waals surface area contributed by atoms with Gasteiger partial charge in [0.1, 0.15) is 0 Å². The fourth-order valence-electron chi connectivity index (χ4n) is 4.56. The molecule has 1 aromatic rings. The van der Waals surface area contributed by atoms with Crippen LogP contribution in [0.1, 0.15) is 56.9 Å². The molecule has 4 heteroatoms. The molecule has 0 amide bonds. The lowest BCUT2D eigenvalue weighted by molar-refractivity contribution is -0.000621. The topological polar surface area (TPSA) is 50.5 Å². The third-order valence-electron chi connectivity index (χ3n) is 6.52. The van der Waals surface area contributed by atoms with E-state index in [0.717, 1.165) is 29.9 Å². The largest absolute Gasteiger partial charge is 0.397 e. The van der Waals surface area contributed by atoms with E-state index in [1.807, 2.05) is 6.07 Å². The van der Waals surface area contributed by atoms with Crippen molar-refractivity contribution in [2.24, 2.45) is 5.92 Å². The van der Waals surface area contributed by atoms with Crippen molar-refractivity contribution in [3.05, 3.63) is 23.8 Å². The molecule has 4 nitrogen and oxygen atoms in total. The second kappa shape index (κ2) is 8.18. The zero-order chi connectivity index (χ0) is 17.9. The van der Waals surface area contributed by atoms with Crippen LogP contribution < -0.4 is 11.1 Å². The summed E-state index contributed by atoms with van der Waals surface area (Å²) in [5.41, 5.74) is 9.36. The van der Waals surface area contributed by atoms with E-state index in [1.165, 1.54) is 70.0 Å². The van der Waals surface area contributed by atoms with E-state index >= 15 is 0 Å². The summed E-state index contributed by atoms with van der Waals surface area (Å²) in [4.78, 5) is 2.73. The maximum absolute atomic E-state index is 6.13. The van der Waals surface area contributed by atoms with Gasteiger partial charge >= 0.3 is 0 Å². The molecule has 0 atom stereocenters. The summed E-state index contributed by atoms with van der Waals surface area (Å²) in [5.74, 6) is 0.890. The lowest BCUT2D eigenvalue weighted by Crippen LogP contribution is -2.46. The summed E-state index contributed by atoms with van der Waals surface area (Å²) in [5, 5.41) is 3.68. The second-order valence-corrected chi connectivity index (χ2v) is 8.75. The zero-order valence-electron chi connectivity index (χ0n) is 16.3. The number of nitrogens with two attached hydrogens (primary N) is 1. The minimum absolute atomic E-state index is 0.537. The number of nitrogens with zero attached hydrogens (tertiary/aromatic N) is 1. The highest BCUT2D eigenvalue weighted by atomic mass is 16.5. The number of rotatable bonds is 6. The van der Waals surface area contributed by atoms with Crippen molar-refractivity contribution in [2.75, 3.05) is 30.7 Å². The van der Waals surface area contributed by atoms with Crippen molar-refractivity contribution in [1.29, 1.82) is 0 Å². The lowest BCUT2D eigenvalue weighted by Gasteiger charge is -2.41. The molecule has 2 saturated carbocycles. The van der Waals surface area contributed by atoms with Crippen molar-refractivity contribution >= 4 is 11.4 Å². The molecule has 1 heterocycles. The molecule has 1 saturated heterocycles. The first-order valence-electron chi connectivity index (χ1n) is 10.7. The van der Waals surface area contributed by atoms with Gasteiger partial charge in [0.15, 0.2) is 0 Å². The van der Waals surface area contributed by atoms with Gasteiger partial charge in [-0.25, -0.2) is 0 Å². The second-order valence-electron chi connectivity index (χ2n) is 8.75. The molecule has 2 aliphatic carbocycles. The molecular formula is C22H35N3O. The first kappa shape index (κ1) is 18.1. The standard InChI is InChI=1S/C22H35N3O/c1-16-2-9-21(23)22(14-16)24-18-10-12-25(13-11-18)19-5-7-20(8-6-19)26-15-17-3-4-17/h2,9,14,17-20,24H,3-8,10-13,15,23H2,1H3/t19-,20-. The molecule has 1 aromatic carbocycles. The highest BCUT2D eigenvalue weighted by molar-refractivity contribution is 5.67. The zero-order valence-corrected chi connectivity index (χ0v) is 16.3. The smallest absolute Gasteiger partial charge is 0.0578 e. The van der Waals surface area contributed by atoms with Gasteiger partial charge in [0, 0.05) is 31.8 Å². The maximum Gasteiger partial charge on any atom is 0.0578 e. The van der Waals surface area contributed by atoms with E-state index in [0.29, 0.717) is 12.1 Å². The quantitative estimate of drug-likeness (QED) is 0.750. The number of likely N-dealkylation sites (tertiary alicyclic amines) is 1. The third-order valence-corrected chi connectivity index (χ3v) is 6.52. The van der Waals surface area contributed by atoms with E-state index in [1.54, 1.807) is 0 Å². The molecule has 144 valence electrons. The Balaban J connectivity index is 1.19.